The summed E-state index contributed by atoms with van der Waals surface area (Å²) in [5.74, 6) is -1.36. The van der Waals surface area contributed by atoms with E-state index in [9.17, 15) is 14.4 Å². The van der Waals surface area contributed by atoms with E-state index in [1.54, 1.807) is 38.1 Å². The maximum atomic E-state index is 12.3. The van der Waals surface area contributed by atoms with E-state index in [4.69, 9.17) is 19.5 Å². The Morgan fingerprint density at radius 2 is 1.86 bits per heavy atom. The molecule has 0 aliphatic rings. The molecule has 0 radical (unpaired) electrons. The minimum absolute atomic E-state index is 0.110. The van der Waals surface area contributed by atoms with Crippen LogP contribution in [-0.2, 0) is 14.3 Å². The second-order valence-electron chi connectivity index (χ2n) is 5.45. The lowest BCUT2D eigenvalue weighted by atomic mass is 10.1. The van der Waals surface area contributed by atoms with Gasteiger partial charge in [0.25, 0.3) is 5.91 Å². The number of hydrogen-bond acceptors (Lipinski definition) is 8. The highest BCUT2D eigenvalue weighted by Crippen LogP contribution is 2.34. The molecule has 28 heavy (non-hydrogen) atoms. The lowest BCUT2D eigenvalue weighted by Crippen LogP contribution is -2.21. The Labute approximate surface area is 165 Å². The number of carbonyl (C=O) groups is 3. The van der Waals surface area contributed by atoms with Crippen LogP contribution >= 0.6 is 11.3 Å². The Morgan fingerprint density at radius 3 is 2.43 bits per heavy atom. The molecule has 146 valence electrons. The molecule has 0 fully saturated rings. The fourth-order valence-corrected chi connectivity index (χ4v) is 3.40. The molecule has 1 heterocycles. The predicted molar refractivity (Wildman–Crippen MR) is 102 cm³/mol. The molecule has 1 N–H and O–H groups in total. The summed E-state index contributed by atoms with van der Waals surface area (Å²) in [7, 11) is 1.23. The first-order valence-electron chi connectivity index (χ1n) is 8.22. The first-order valence-corrected chi connectivity index (χ1v) is 9.04. The summed E-state index contributed by atoms with van der Waals surface area (Å²) < 4.78 is 15.1. The van der Waals surface area contributed by atoms with Gasteiger partial charge in [-0.05, 0) is 43.7 Å². The van der Waals surface area contributed by atoms with Crippen LogP contribution in [0.5, 0.6) is 5.75 Å². The van der Waals surface area contributed by atoms with Crippen molar-refractivity contribution in [3.05, 3.63) is 45.8 Å². The van der Waals surface area contributed by atoms with Gasteiger partial charge in [-0.25, -0.2) is 9.59 Å². The van der Waals surface area contributed by atoms with E-state index in [0.717, 1.165) is 11.3 Å². The minimum atomic E-state index is -0.644. The van der Waals surface area contributed by atoms with Crippen LogP contribution < -0.4 is 10.1 Å². The first-order chi connectivity index (χ1) is 13.4. The van der Waals surface area contributed by atoms with Crippen molar-refractivity contribution in [2.75, 3.05) is 25.6 Å². The van der Waals surface area contributed by atoms with Crippen molar-refractivity contribution >= 4 is 34.2 Å². The fourth-order valence-electron chi connectivity index (χ4n) is 2.28. The molecule has 0 spiro atoms. The molecule has 0 atom stereocenters. The van der Waals surface area contributed by atoms with Gasteiger partial charge < -0.3 is 19.5 Å². The number of anilines is 1. The number of methoxy groups -OCH3 is 1. The van der Waals surface area contributed by atoms with Gasteiger partial charge in [-0.3, -0.25) is 4.79 Å². The monoisotopic (exact) mass is 402 g/mol. The number of ether oxygens (including phenoxy) is 3. The smallest absolute Gasteiger partial charge is 0.348 e. The number of nitrogens with zero attached hydrogens (tertiary/aromatic N) is 1. The maximum absolute atomic E-state index is 12.3. The van der Waals surface area contributed by atoms with Gasteiger partial charge in [0, 0.05) is 0 Å². The number of esters is 2. The molecular weight excluding hydrogens is 384 g/mol. The van der Waals surface area contributed by atoms with Crippen LogP contribution in [0.15, 0.2) is 24.3 Å². The molecule has 0 unspecified atom stereocenters. The van der Waals surface area contributed by atoms with Crippen LogP contribution in [0, 0.1) is 18.3 Å². The maximum Gasteiger partial charge on any atom is 0.348 e. The highest BCUT2D eigenvalue weighted by Gasteiger charge is 2.27. The molecule has 1 aromatic carbocycles. The van der Waals surface area contributed by atoms with E-state index in [1.165, 1.54) is 7.11 Å². The Morgan fingerprint density at radius 1 is 1.18 bits per heavy atom. The van der Waals surface area contributed by atoms with Gasteiger partial charge in [0.15, 0.2) is 6.61 Å². The van der Waals surface area contributed by atoms with Gasteiger partial charge in [0.05, 0.1) is 30.9 Å². The third kappa shape index (κ3) is 4.86. The molecule has 2 rings (SSSR count). The molecule has 9 heteroatoms. The number of hydrogen-bond donors (Lipinski definition) is 1. The third-order valence-electron chi connectivity index (χ3n) is 3.60. The van der Waals surface area contributed by atoms with Gasteiger partial charge in [-0.1, -0.05) is 0 Å². The van der Waals surface area contributed by atoms with Crippen molar-refractivity contribution in [1.82, 2.24) is 0 Å². The number of nitrogens with one attached hydrogen (secondary N) is 1. The third-order valence-corrected chi connectivity index (χ3v) is 4.79. The molecule has 1 aromatic heterocycles. The zero-order chi connectivity index (χ0) is 20.7. The standard InChI is InChI=1S/C19H18N2O6S/c1-4-26-18(23)15-11(2)16(19(24)25-3)28-17(15)21-14(22)10-27-13-7-5-12(9-20)6-8-13/h5-8H,4,10H2,1-3H3,(H,21,22). The van der Waals surface area contributed by atoms with E-state index < -0.39 is 17.8 Å². The van der Waals surface area contributed by atoms with E-state index in [-0.39, 0.29) is 28.7 Å². The topological polar surface area (TPSA) is 115 Å². The molecule has 0 aliphatic heterocycles. The van der Waals surface area contributed by atoms with Gasteiger partial charge in [0.2, 0.25) is 0 Å². The van der Waals surface area contributed by atoms with E-state index in [1.807, 2.05) is 6.07 Å². The molecule has 0 saturated heterocycles. The first kappa shape index (κ1) is 20.9. The van der Waals surface area contributed by atoms with Gasteiger partial charge in [-0.2, -0.15) is 5.26 Å². The summed E-state index contributed by atoms with van der Waals surface area (Å²) in [5, 5.41) is 11.5. The highest BCUT2D eigenvalue weighted by molar-refractivity contribution is 7.18. The number of rotatable bonds is 7. The zero-order valence-electron chi connectivity index (χ0n) is 15.5. The SMILES string of the molecule is CCOC(=O)c1c(NC(=O)COc2ccc(C#N)cc2)sc(C(=O)OC)c1C. The summed E-state index contributed by atoms with van der Waals surface area (Å²) >= 11 is 0.929. The summed E-state index contributed by atoms with van der Waals surface area (Å²) in [5.41, 5.74) is 0.956. The molecule has 0 aliphatic carbocycles. The largest absolute Gasteiger partial charge is 0.484 e. The number of nitriles is 1. The number of benzene rings is 1. The molecule has 0 saturated carbocycles. The van der Waals surface area contributed by atoms with Crippen LogP contribution in [-0.4, -0.2) is 38.2 Å². The lowest BCUT2D eigenvalue weighted by Gasteiger charge is -2.08. The molecule has 0 bridgehead atoms. The van der Waals surface area contributed by atoms with E-state index >= 15 is 0 Å². The average molecular weight is 402 g/mol. The summed E-state index contributed by atoms with van der Waals surface area (Å²) in [6.07, 6.45) is 0. The quantitative estimate of drug-likeness (QED) is 0.708. The summed E-state index contributed by atoms with van der Waals surface area (Å²) in [6, 6.07) is 8.26. The molecule has 1 amide bonds. The Kier molecular flexibility index (Phi) is 7.12. The van der Waals surface area contributed by atoms with Crippen LogP contribution in [0.1, 0.15) is 38.1 Å². The normalized spacial score (nSPS) is 9.93. The second-order valence-corrected chi connectivity index (χ2v) is 6.47. The molecule has 8 nitrogen and oxygen atoms in total. The van der Waals surface area contributed by atoms with Crippen molar-refractivity contribution in [3.63, 3.8) is 0 Å². The zero-order valence-corrected chi connectivity index (χ0v) is 16.3. The van der Waals surface area contributed by atoms with E-state index in [0.29, 0.717) is 16.9 Å². The highest BCUT2D eigenvalue weighted by atomic mass is 32.1. The number of carbonyl (C=O) groups excluding carboxylic acids is 3. The number of amides is 1. The van der Waals surface area contributed by atoms with Crippen molar-refractivity contribution in [1.29, 1.82) is 5.26 Å². The predicted octanol–water partition coefficient (Wildman–Crippen LogP) is 2.91. The molecular formula is C19H18N2O6S. The average Bonchev–Trinajstić information content (AvgIpc) is 3.02. The Balaban J connectivity index is 2.16. The number of thiophene rings is 1. The van der Waals surface area contributed by atoms with Crippen molar-refractivity contribution in [2.45, 2.75) is 13.8 Å². The van der Waals surface area contributed by atoms with Gasteiger partial charge in [-0.15, -0.1) is 11.3 Å². The van der Waals surface area contributed by atoms with Crippen LogP contribution in [0.2, 0.25) is 0 Å². The molecule has 2 aromatic rings. The lowest BCUT2D eigenvalue weighted by molar-refractivity contribution is -0.118. The van der Waals surface area contributed by atoms with Crippen LogP contribution in [0.4, 0.5) is 5.00 Å². The summed E-state index contributed by atoms with van der Waals surface area (Å²) in [4.78, 5) is 36.6. The van der Waals surface area contributed by atoms with Crippen molar-refractivity contribution in [3.8, 4) is 11.8 Å². The van der Waals surface area contributed by atoms with Gasteiger partial charge >= 0.3 is 11.9 Å². The second kappa shape index (κ2) is 9.53. The minimum Gasteiger partial charge on any atom is -0.484 e. The van der Waals surface area contributed by atoms with Crippen LogP contribution in [0.3, 0.4) is 0 Å². The fraction of sp³-hybridized carbons (Fsp3) is 0.263. The van der Waals surface area contributed by atoms with Gasteiger partial charge in [0.1, 0.15) is 15.6 Å². The van der Waals surface area contributed by atoms with Crippen molar-refractivity contribution in [2.24, 2.45) is 0 Å². The van der Waals surface area contributed by atoms with E-state index in [2.05, 4.69) is 5.32 Å². The Hall–Kier alpha value is -3.38. The summed E-state index contributed by atoms with van der Waals surface area (Å²) in [6.45, 7) is 3.07. The van der Waals surface area contributed by atoms with Crippen molar-refractivity contribution < 1.29 is 28.6 Å². The Bertz CT molecular complexity index is 927. The van der Waals surface area contributed by atoms with Crippen LogP contribution in [0.25, 0.3) is 0 Å².